The summed E-state index contributed by atoms with van der Waals surface area (Å²) in [6, 6.07) is 21.0. The molecule has 1 saturated carbocycles. The number of pyridine rings is 1. The highest BCUT2D eigenvalue weighted by molar-refractivity contribution is 6.01. The highest BCUT2D eigenvalue weighted by Crippen LogP contribution is 2.30. The predicted molar refractivity (Wildman–Crippen MR) is 150 cm³/mol. The van der Waals surface area contributed by atoms with Crippen molar-refractivity contribution in [3.63, 3.8) is 0 Å². The van der Waals surface area contributed by atoms with Gasteiger partial charge in [0, 0.05) is 23.5 Å². The van der Waals surface area contributed by atoms with Crippen LogP contribution in [0.5, 0.6) is 5.75 Å². The zero-order valence-corrected chi connectivity index (χ0v) is 22.5. The van der Waals surface area contributed by atoms with Gasteiger partial charge in [0.1, 0.15) is 12.3 Å². The third kappa shape index (κ3) is 6.51. The summed E-state index contributed by atoms with van der Waals surface area (Å²) in [7, 11) is 0. The number of aromatic nitrogens is 5. The van der Waals surface area contributed by atoms with Gasteiger partial charge in [-0.3, -0.25) is 19.5 Å². The summed E-state index contributed by atoms with van der Waals surface area (Å²) in [6.45, 7) is 2.21. The van der Waals surface area contributed by atoms with Crippen molar-refractivity contribution >= 4 is 17.5 Å². The third-order valence-corrected chi connectivity index (χ3v) is 6.88. The van der Waals surface area contributed by atoms with Crippen molar-refractivity contribution in [1.29, 1.82) is 0 Å². The van der Waals surface area contributed by atoms with Gasteiger partial charge in [-0.1, -0.05) is 55.7 Å². The molecule has 0 aliphatic heterocycles. The highest BCUT2D eigenvalue weighted by atomic mass is 16.5. The van der Waals surface area contributed by atoms with Gasteiger partial charge in [-0.2, -0.15) is 4.80 Å². The molecule has 0 radical (unpaired) electrons. The summed E-state index contributed by atoms with van der Waals surface area (Å²) >= 11 is 0. The van der Waals surface area contributed by atoms with Crippen molar-refractivity contribution in [2.24, 2.45) is 0 Å². The van der Waals surface area contributed by atoms with Crippen LogP contribution >= 0.6 is 0 Å². The summed E-state index contributed by atoms with van der Waals surface area (Å²) in [4.78, 5) is 35.2. The standard InChI is InChI=1S/C30H33N7O3/c1-2-40-25-18-16-24(17-19-25)37(27(38)21-36-34-29(33-35-36)22-11-5-3-6-12-22)28(26-15-9-10-20-31-26)30(39)32-23-13-7-4-8-14-23/h3,5-6,9-12,15-20,23,28H,2,4,7-8,13-14,21H2,1H3,(H,32,39). The van der Waals surface area contributed by atoms with Crippen LogP contribution in [-0.2, 0) is 16.1 Å². The molecule has 0 saturated heterocycles. The van der Waals surface area contributed by atoms with Crippen LogP contribution in [0.3, 0.4) is 0 Å². The van der Waals surface area contributed by atoms with Crippen LogP contribution in [0.15, 0.2) is 79.0 Å². The molecule has 1 atom stereocenters. The average molecular weight is 540 g/mol. The van der Waals surface area contributed by atoms with Crippen molar-refractivity contribution in [2.45, 2.75) is 57.7 Å². The number of carbonyl (C=O) groups excluding carboxylic acids is 2. The number of benzene rings is 2. The Morgan fingerprint density at radius 2 is 1.75 bits per heavy atom. The topological polar surface area (TPSA) is 115 Å². The second-order valence-corrected chi connectivity index (χ2v) is 9.70. The first kappa shape index (κ1) is 27.0. The van der Waals surface area contributed by atoms with Crippen LogP contribution in [0, 0.1) is 0 Å². The van der Waals surface area contributed by atoms with Gasteiger partial charge in [-0.15, -0.1) is 10.2 Å². The Labute approximate surface area is 233 Å². The molecule has 1 fully saturated rings. The van der Waals surface area contributed by atoms with E-state index in [-0.39, 0.29) is 24.4 Å². The molecular weight excluding hydrogens is 506 g/mol. The maximum Gasteiger partial charge on any atom is 0.251 e. The molecule has 206 valence electrons. The van der Waals surface area contributed by atoms with E-state index in [1.165, 1.54) is 16.1 Å². The van der Waals surface area contributed by atoms with Crippen molar-refractivity contribution in [2.75, 3.05) is 11.5 Å². The Morgan fingerprint density at radius 1 is 1.00 bits per heavy atom. The van der Waals surface area contributed by atoms with Gasteiger partial charge >= 0.3 is 0 Å². The summed E-state index contributed by atoms with van der Waals surface area (Å²) in [5.74, 6) is 0.433. The van der Waals surface area contributed by atoms with Gasteiger partial charge in [-0.05, 0) is 61.4 Å². The van der Waals surface area contributed by atoms with E-state index in [0.717, 1.165) is 31.2 Å². The highest BCUT2D eigenvalue weighted by Gasteiger charge is 2.35. The number of nitrogens with one attached hydrogen (secondary N) is 1. The molecule has 40 heavy (non-hydrogen) atoms. The molecular formula is C30H33N7O3. The molecule has 1 unspecified atom stereocenters. The molecule has 1 aliphatic rings. The molecule has 5 rings (SSSR count). The maximum absolute atomic E-state index is 14.0. The largest absolute Gasteiger partial charge is 0.494 e. The Hall–Kier alpha value is -4.60. The first-order valence-corrected chi connectivity index (χ1v) is 13.7. The van der Waals surface area contributed by atoms with E-state index in [0.29, 0.717) is 29.6 Å². The Bertz CT molecular complexity index is 1390. The Balaban J connectivity index is 1.49. The summed E-state index contributed by atoms with van der Waals surface area (Å²) < 4.78 is 5.61. The van der Waals surface area contributed by atoms with Crippen LogP contribution < -0.4 is 15.0 Å². The van der Waals surface area contributed by atoms with Crippen molar-refractivity contribution in [3.05, 3.63) is 84.7 Å². The summed E-state index contributed by atoms with van der Waals surface area (Å²) in [5, 5.41) is 15.8. The lowest BCUT2D eigenvalue weighted by molar-refractivity contribution is -0.127. The van der Waals surface area contributed by atoms with Crippen molar-refractivity contribution in [3.8, 4) is 17.1 Å². The molecule has 0 spiro atoms. The number of carbonyl (C=O) groups is 2. The molecule has 4 aromatic rings. The van der Waals surface area contributed by atoms with Gasteiger partial charge in [-0.25, -0.2) is 0 Å². The van der Waals surface area contributed by atoms with Crippen LogP contribution in [-0.4, -0.2) is 49.7 Å². The van der Waals surface area contributed by atoms with Crippen LogP contribution in [0.1, 0.15) is 50.8 Å². The summed E-state index contributed by atoms with van der Waals surface area (Å²) in [5.41, 5.74) is 1.80. The number of nitrogens with zero attached hydrogens (tertiary/aromatic N) is 6. The van der Waals surface area contributed by atoms with Crippen molar-refractivity contribution in [1.82, 2.24) is 30.5 Å². The van der Waals surface area contributed by atoms with Gasteiger partial charge < -0.3 is 10.1 Å². The van der Waals surface area contributed by atoms with E-state index in [2.05, 4.69) is 25.7 Å². The maximum atomic E-state index is 14.0. The van der Waals surface area contributed by atoms with E-state index in [1.807, 2.05) is 43.3 Å². The number of anilines is 1. The fraction of sp³-hybridized carbons (Fsp3) is 0.333. The minimum Gasteiger partial charge on any atom is -0.494 e. The Kier molecular flexibility index (Phi) is 8.75. The monoisotopic (exact) mass is 539 g/mol. The zero-order valence-electron chi connectivity index (χ0n) is 22.5. The fourth-order valence-corrected chi connectivity index (χ4v) is 4.97. The first-order chi connectivity index (χ1) is 19.6. The number of hydrogen-bond donors (Lipinski definition) is 1. The lowest BCUT2D eigenvalue weighted by atomic mass is 9.95. The molecule has 1 aliphatic carbocycles. The first-order valence-electron chi connectivity index (χ1n) is 13.7. The smallest absolute Gasteiger partial charge is 0.251 e. The minimum atomic E-state index is -0.995. The van der Waals surface area contributed by atoms with Gasteiger partial charge in [0.25, 0.3) is 5.91 Å². The van der Waals surface area contributed by atoms with Crippen LogP contribution in [0.2, 0.25) is 0 Å². The quantitative estimate of drug-likeness (QED) is 0.318. The fourth-order valence-electron chi connectivity index (χ4n) is 4.97. The normalized spacial score (nSPS) is 14.3. The number of rotatable bonds is 10. The zero-order chi connectivity index (χ0) is 27.7. The minimum absolute atomic E-state index is 0.0650. The molecule has 2 aromatic heterocycles. The molecule has 2 amide bonds. The van der Waals surface area contributed by atoms with Crippen LogP contribution in [0.4, 0.5) is 5.69 Å². The van der Waals surface area contributed by atoms with Gasteiger partial charge in [0.2, 0.25) is 11.7 Å². The molecule has 10 heteroatoms. The number of tetrazole rings is 1. The Morgan fingerprint density at radius 3 is 2.45 bits per heavy atom. The number of amides is 2. The van der Waals surface area contributed by atoms with E-state index in [4.69, 9.17) is 4.74 Å². The molecule has 10 nitrogen and oxygen atoms in total. The second-order valence-electron chi connectivity index (χ2n) is 9.70. The van der Waals surface area contributed by atoms with Crippen LogP contribution in [0.25, 0.3) is 11.4 Å². The number of ether oxygens (including phenoxy) is 1. The van der Waals surface area contributed by atoms with E-state index >= 15 is 0 Å². The van der Waals surface area contributed by atoms with Gasteiger partial charge in [0.15, 0.2) is 6.04 Å². The lowest BCUT2D eigenvalue weighted by Gasteiger charge is -2.32. The predicted octanol–water partition coefficient (Wildman–Crippen LogP) is 4.36. The molecule has 0 bridgehead atoms. The molecule has 1 N–H and O–H groups in total. The second kappa shape index (κ2) is 13.0. The van der Waals surface area contributed by atoms with Gasteiger partial charge in [0.05, 0.1) is 12.3 Å². The van der Waals surface area contributed by atoms with E-state index in [1.54, 1.807) is 42.6 Å². The van der Waals surface area contributed by atoms with Crippen molar-refractivity contribution < 1.29 is 14.3 Å². The lowest BCUT2D eigenvalue weighted by Crippen LogP contribution is -2.48. The average Bonchev–Trinajstić information content (AvgIpc) is 3.46. The molecule has 2 heterocycles. The molecule has 2 aromatic carbocycles. The van der Waals surface area contributed by atoms with E-state index in [9.17, 15) is 9.59 Å². The third-order valence-electron chi connectivity index (χ3n) is 6.88. The number of hydrogen-bond acceptors (Lipinski definition) is 7. The SMILES string of the molecule is CCOc1ccc(N(C(=O)Cn2nnc(-c3ccccc3)n2)C(C(=O)NC2CCCCC2)c2ccccn2)cc1. The van der Waals surface area contributed by atoms with E-state index < -0.39 is 6.04 Å². The summed E-state index contributed by atoms with van der Waals surface area (Å²) in [6.07, 6.45) is 6.78.